The van der Waals surface area contributed by atoms with E-state index in [2.05, 4.69) is 22.1 Å². The lowest BCUT2D eigenvalue weighted by Gasteiger charge is -2.16. The molecule has 1 aliphatic rings. The van der Waals surface area contributed by atoms with Crippen LogP contribution in [0.1, 0.15) is 37.4 Å². The first-order valence-corrected chi connectivity index (χ1v) is 7.52. The summed E-state index contributed by atoms with van der Waals surface area (Å²) in [6, 6.07) is 1.99. The average Bonchev–Trinajstić information content (AvgIpc) is 2.80. The Kier molecular flexibility index (Phi) is 3.56. The highest BCUT2D eigenvalue weighted by Gasteiger charge is 2.17. The van der Waals surface area contributed by atoms with Crippen LogP contribution in [0.5, 0.6) is 0 Å². The number of aromatic amines is 2. The van der Waals surface area contributed by atoms with Gasteiger partial charge in [-0.3, -0.25) is 9.89 Å². The molecule has 0 saturated heterocycles. The van der Waals surface area contributed by atoms with Crippen LogP contribution >= 0.6 is 12.2 Å². The first-order valence-electron chi connectivity index (χ1n) is 7.11. The highest BCUT2D eigenvalue weighted by atomic mass is 32.1. The Labute approximate surface area is 122 Å². The summed E-state index contributed by atoms with van der Waals surface area (Å²) in [6.07, 6.45) is 5.27. The zero-order chi connectivity index (χ0) is 14.1. The third-order valence-electron chi connectivity index (χ3n) is 3.78. The van der Waals surface area contributed by atoms with Crippen LogP contribution in [0.15, 0.2) is 10.9 Å². The maximum Gasteiger partial charge on any atom is 0.259 e. The van der Waals surface area contributed by atoms with Gasteiger partial charge in [0.1, 0.15) is 0 Å². The zero-order valence-corrected chi connectivity index (χ0v) is 12.3. The van der Waals surface area contributed by atoms with Gasteiger partial charge in [0.25, 0.3) is 5.56 Å². The largest absolute Gasteiger partial charge is 0.325 e. The number of pyridine rings is 1. The summed E-state index contributed by atoms with van der Waals surface area (Å²) in [5.74, 6) is 0.645. The number of aromatic nitrogens is 4. The third kappa shape index (κ3) is 2.24. The number of aryl methyl sites for hydroxylation is 2. The van der Waals surface area contributed by atoms with Gasteiger partial charge in [-0.05, 0) is 56.0 Å². The fourth-order valence-corrected chi connectivity index (χ4v) is 3.02. The molecule has 2 N–H and O–H groups in total. The van der Waals surface area contributed by atoms with E-state index in [0.717, 1.165) is 37.9 Å². The highest BCUT2D eigenvalue weighted by molar-refractivity contribution is 7.71. The van der Waals surface area contributed by atoms with E-state index in [4.69, 9.17) is 12.2 Å². The predicted octanol–water partition coefficient (Wildman–Crippen LogP) is 2.58. The zero-order valence-electron chi connectivity index (χ0n) is 11.5. The standard InChI is InChI=1S/C14H18N4OS/c1-2-7-18-12(16-17-14(18)20)10-8-9-5-3-4-6-11(9)15-13(10)19/h8H,2-7H2,1H3,(H,15,19)(H,17,20). The van der Waals surface area contributed by atoms with Crippen molar-refractivity contribution in [2.24, 2.45) is 0 Å². The van der Waals surface area contributed by atoms with Crippen molar-refractivity contribution in [3.63, 3.8) is 0 Å². The average molecular weight is 290 g/mol. The van der Waals surface area contributed by atoms with E-state index in [0.29, 0.717) is 16.2 Å². The summed E-state index contributed by atoms with van der Waals surface area (Å²) in [5, 5.41) is 7.03. The molecule has 20 heavy (non-hydrogen) atoms. The molecule has 3 rings (SSSR count). The molecular formula is C14H18N4OS. The van der Waals surface area contributed by atoms with Crippen LogP contribution in [0.3, 0.4) is 0 Å². The third-order valence-corrected chi connectivity index (χ3v) is 4.10. The van der Waals surface area contributed by atoms with E-state index in [1.807, 2.05) is 10.6 Å². The molecule has 5 nitrogen and oxygen atoms in total. The molecular weight excluding hydrogens is 272 g/mol. The first kappa shape index (κ1) is 13.3. The van der Waals surface area contributed by atoms with Crippen molar-refractivity contribution in [2.45, 2.75) is 45.6 Å². The Morgan fingerprint density at radius 2 is 2.20 bits per heavy atom. The van der Waals surface area contributed by atoms with Crippen LogP contribution in [-0.4, -0.2) is 19.7 Å². The van der Waals surface area contributed by atoms with Crippen molar-refractivity contribution >= 4 is 12.2 Å². The van der Waals surface area contributed by atoms with E-state index in [1.54, 1.807) is 0 Å². The van der Waals surface area contributed by atoms with Crippen LogP contribution < -0.4 is 5.56 Å². The van der Waals surface area contributed by atoms with Crippen molar-refractivity contribution in [3.8, 4) is 11.4 Å². The minimum Gasteiger partial charge on any atom is -0.325 e. The summed E-state index contributed by atoms with van der Waals surface area (Å²) >= 11 is 5.24. The number of hydrogen-bond acceptors (Lipinski definition) is 3. The lowest BCUT2D eigenvalue weighted by molar-refractivity contribution is 0.661. The van der Waals surface area contributed by atoms with Crippen LogP contribution in [0.4, 0.5) is 0 Å². The highest BCUT2D eigenvalue weighted by Crippen LogP contribution is 2.22. The molecule has 6 heteroatoms. The molecule has 2 heterocycles. The fourth-order valence-electron chi connectivity index (χ4n) is 2.80. The summed E-state index contributed by atoms with van der Waals surface area (Å²) in [7, 11) is 0. The summed E-state index contributed by atoms with van der Waals surface area (Å²) in [6.45, 7) is 2.84. The number of nitrogens with zero attached hydrogens (tertiary/aromatic N) is 2. The second-order valence-corrected chi connectivity index (χ2v) is 5.61. The lowest BCUT2D eigenvalue weighted by Crippen LogP contribution is -2.18. The first-order chi connectivity index (χ1) is 9.70. The minimum atomic E-state index is -0.0722. The van der Waals surface area contributed by atoms with Crippen LogP contribution in [0, 0.1) is 4.77 Å². The van der Waals surface area contributed by atoms with Gasteiger partial charge in [-0.25, -0.2) is 0 Å². The quantitative estimate of drug-likeness (QED) is 0.854. The SMILES string of the molecule is CCCn1c(-c2cc3c([nH]c2=O)CCCC3)n[nH]c1=S. The smallest absolute Gasteiger partial charge is 0.259 e. The monoisotopic (exact) mass is 290 g/mol. The van der Waals surface area contributed by atoms with E-state index in [1.165, 1.54) is 12.0 Å². The molecule has 0 radical (unpaired) electrons. The van der Waals surface area contributed by atoms with Gasteiger partial charge in [0, 0.05) is 12.2 Å². The Balaban J connectivity index is 2.15. The van der Waals surface area contributed by atoms with Crippen molar-refractivity contribution < 1.29 is 0 Å². The molecule has 0 spiro atoms. The van der Waals surface area contributed by atoms with E-state index < -0.39 is 0 Å². The summed E-state index contributed by atoms with van der Waals surface area (Å²) in [4.78, 5) is 15.3. The number of hydrogen-bond donors (Lipinski definition) is 2. The molecule has 106 valence electrons. The van der Waals surface area contributed by atoms with Crippen molar-refractivity contribution in [2.75, 3.05) is 0 Å². The van der Waals surface area contributed by atoms with Gasteiger partial charge in [-0.1, -0.05) is 6.92 Å². The normalized spacial score (nSPS) is 14.2. The van der Waals surface area contributed by atoms with Crippen LogP contribution in [0.2, 0.25) is 0 Å². The van der Waals surface area contributed by atoms with Gasteiger partial charge in [-0.2, -0.15) is 5.10 Å². The number of rotatable bonds is 3. The van der Waals surface area contributed by atoms with Gasteiger partial charge >= 0.3 is 0 Å². The van der Waals surface area contributed by atoms with Crippen LogP contribution in [0.25, 0.3) is 11.4 Å². The van der Waals surface area contributed by atoms with Crippen molar-refractivity contribution in [3.05, 3.63) is 32.4 Å². The summed E-state index contributed by atoms with van der Waals surface area (Å²) < 4.78 is 2.47. The fraction of sp³-hybridized carbons (Fsp3) is 0.500. The molecule has 0 aromatic carbocycles. The maximum atomic E-state index is 12.3. The second-order valence-electron chi connectivity index (χ2n) is 5.23. The molecule has 0 bridgehead atoms. The molecule has 0 amide bonds. The molecule has 0 fully saturated rings. The van der Waals surface area contributed by atoms with Crippen molar-refractivity contribution in [1.82, 2.24) is 19.7 Å². The van der Waals surface area contributed by atoms with Gasteiger partial charge in [0.2, 0.25) is 0 Å². The Hall–Kier alpha value is -1.69. The molecule has 2 aromatic heterocycles. The molecule has 0 unspecified atom stereocenters. The number of fused-ring (bicyclic) bond motifs is 1. The predicted molar refractivity (Wildman–Crippen MR) is 80.4 cm³/mol. The molecule has 0 atom stereocenters. The van der Waals surface area contributed by atoms with Crippen molar-refractivity contribution in [1.29, 1.82) is 0 Å². The Morgan fingerprint density at radius 3 is 3.00 bits per heavy atom. The maximum absolute atomic E-state index is 12.3. The molecule has 1 aliphatic carbocycles. The van der Waals surface area contributed by atoms with E-state index >= 15 is 0 Å². The lowest BCUT2D eigenvalue weighted by atomic mass is 9.95. The Morgan fingerprint density at radius 1 is 1.40 bits per heavy atom. The molecule has 0 saturated carbocycles. The van der Waals surface area contributed by atoms with Crippen LogP contribution in [-0.2, 0) is 19.4 Å². The number of nitrogens with one attached hydrogen (secondary N) is 2. The summed E-state index contributed by atoms with van der Waals surface area (Å²) in [5.41, 5.74) is 2.87. The van der Waals surface area contributed by atoms with Gasteiger partial charge < -0.3 is 9.55 Å². The van der Waals surface area contributed by atoms with E-state index in [9.17, 15) is 4.79 Å². The molecule has 0 aliphatic heterocycles. The van der Waals surface area contributed by atoms with E-state index in [-0.39, 0.29) is 5.56 Å². The minimum absolute atomic E-state index is 0.0722. The molecule has 2 aromatic rings. The topological polar surface area (TPSA) is 66.5 Å². The second kappa shape index (κ2) is 5.36. The van der Waals surface area contributed by atoms with Gasteiger partial charge in [0.15, 0.2) is 10.6 Å². The van der Waals surface area contributed by atoms with Gasteiger partial charge in [0.05, 0.1) is 5.56 Å². The Bertz CT molecular complexity index is 740. The van der Waals surface area contributed by atoms with Gasteiger partial charge in [-0.15, -0.1) is 0 Å². The number of H-pyrrole nitrogens is 2.